The molecular formula is C21H30N3O5+. The molecule has 0 unspecified atom stereocenters. The molecule has 8 heteroatoms. The first kappa shape index (κ1) is 21.0. The van der Waals surface area contributed by atoms with Crippen molar-refractivity contribution in [3.05, 3.63) is 17.8 Å². The number of amides is 1. The van der Waals surface area contributed by atoms with E-state index >= 15 is 0 Å². The molecule has 0 radical (unpaired) electrons. The first-order chi connectivity index (χ1) is 14.1. The maximum atomic E-state index is 12.7. The summed E-state index contributed by atoms with van der Waals surface area (Å²) in [4.78, 5) is 29.6. The molecule has 0 atom stereocenters. The maximum absolute atomic E-state index is 12.7. The van der Waals surface area contributed by atoms with E-state index in [-0.39, 0.29) is 18.2 Å². The Bertz CT molecular complexity index is 871. The number of carbonyl (C=O) groups is 2. The van der Waals surface area contributed by atoms with Crippen LogP contribution < -0.4 is 19.7 Å². The van der Waals surface area contributed by atoms with Crippen LogP contribution in [0.3, 0.4) is 0 Å². The van der Waals surface area contributed by atoms with Crippen LogP contribution >= 0.6 is 0 Å². The number of esters is 1. The minimum Gasteiger partial charge on any atom is -0.493 e. The summed E-state index contributed by atoms with van der Waals surface area (Å²) in [5.74, 6) is 0.411. The number of methoxy groups -OCH3 is 2. The Kier molecular flexibility index (Phi) is 6.98. The minimum absolute atomic E-state index is 0.121. The predicted molar refractivity (Wildman–Crippen MR) is 110 cm³/mol. The summed E-state index contributed by atoms with van der Waals surface area (Å²) in [6.07, 6.45) is 4.11. The van der Waals surface area contributed by atoms with E-state index in [1.807, 2.05) is 0 Å². The Labute approximate surface area is 170 Å². The second-order valence-electron chi connectivity index (χ2n) is 7.21. The average Bonchev–Trinajstić information content (AvgIpc) is 3.09. The van der Waals surface area contributed by atoms with Crippen LogP contribution in [0.4, 0.5) is 5.69 Å². The van der Waals surface area contributed by atoms with E-state index in [0.717, 1.165) is 19.6 Å². The number of aromatic nitrogens is 1. The highest BCUT2D eigenvalue weighted by Gasteiger charge is 2.23. The lowest BCUT2D eigenvalue weighted by Gasteiger charge is -2.23. The van der Waals surface area contributed by atoms with E-state index in [1.165, 1.54) is 24.2 Å². The minimum atomic E-state index is -0.515. The summed E-state index contributed by atoms with van der Waals surface area (Å²) in [6, 6.07) is 3.49. The monoisotopic (exact) mass is 404 g/mol. The van der Waals surface area contributed by atoms with Gasteiger partial charge in [0.25, 0.3) is 0 Å². The van der Waals surface area contributed by atoms with E-state index in [2.05, 4.69) is 10.3 Å². The fourth-order valence-corrected chi connectivity index (χ4v) is 3.80. The zero-order valence-electron chi connectivity index (χ0n) is 17.4. The molecule has 3 N–H and O–H groups in total. The van der Waals surface area contributed by atoms with Crippen LogP contribution in [0.2, 0.25) is 0 Å². The predicted octanol–water partition coefficient (Wildman–Crippen LogP) is 1.76. The summed E-state index contributed by atoms with van der Waals surface area (Å²) in [5.41, 5.74) is 1.29. The highest BCUT2D eigenvalue weighted by Crippen LogP contribution is 2.37. The Hall–Kier alpha value is -2.74. The van der Waals surface area contributed by atoms with Crippen molar-refractivity contribution < 1.29 is 28.7 Å². The van der Waals surface area contributed by atoms with Crippen molar-refractivity contribution in [2.75, 3.05) is 45.8 Å². The first-order valence-electron chi connectivity index (χ1n) is 10.2. The molecule has 8 nitrogen and oxygen atoms in total. The molecule has 0 saturated carbocycles. The zero-order chi connectivity index (χ0) is 20.8. The van der Waals surface area contributed by atoms with Crippen LogP contribution in [0, 0.1) is 0 Å². The number of likely N-dealkylation sites (tertiary alicyclic amines) is 1. The molecule has 3 rings (SSSR count). The second-order valence-corrected chi connectivity index (χ2v) is 7.21. The fourth-order valence-electron chi connectivity index (χ4n) is 3.80. The van der Waals surface area contributed by atoms with E-state index in [4.69, 9.17) is 14.2 Å². The molecule has 0 spiro atoms. The van der Waals surface area contributed by atoms with Gasteiger partial charge in [-0.3, -0.25) is 4.79 Å². The molecule has 2 heterocycles. The lowest BCUT2D eigenvalue weighted by molar-refractivity contribution is -0.904. The van der Waals surface area contributed by atoms with Crippen molar-refractivity contribution in [3.8, 4) is 11.5 Å². The largest absolute Gasteiger partial charge is 0.493 e. The Morgan fingerprint density at radius 3 is 2.45 bits per heavy atom. The van der Waals surface area contributed by atoms with Crippen LogP contribution in [-0.4, -0.2) is 57.3 Å². The maximum Gasteiger partial charge on any atom is 0.356 e. The second kappa shape index (κ2) is 9.65. The Balaban J connectivity index is 1.87. The highest BCUT2D eigenvalue weighted by atomic mass is 16.5. The molecule has 1 fully saturated rings. The number of fused-ring (bicyclic) bond motifs is 1. The molecule has 2 aromatic rings. The van der Waals surface area contributed by atoms with E-state index < -0.39 is 5.97 Å². The van der Waals surface area contributed by atoms with E-state index in [1.54, 1.807) is 33.3 Å². The Morgan fingerprint density at radius 2 is 1.79 bits per heavy atom. The van der Waals surface area contributed by atoms with Crippen molar-refractivity contribution in [3.63, 3.8) is 0 Å². The van der Waals surface area contributed by atoms with Crippen LogP contribution in [0.5, 0.6) is 11.5 Å². The van der Waals surface area contributed by atoms with Crippen LogP contribution in [0.25, 0.3) is 10.9 Å². The summed E-state index contributed by atoms with van der Waals surface area (Å²) < 4.78 is 15.9. The number of hydrogen-bond acceptors (Lipinski definition) is 5. The van der Waals surface area contributed by atoms with Gasteiger partial charge in [0.05, 0.1) is 58.1 Å². The van der Waals surface area contributed by atoms with Gasteiger partial charge in [-0.1, -0.05) is 0 Å². The van der Waals surface area contributed by atoms with Gasteiger partial charge in [-0.15, -0.1) is 0 Å². The molecule has 0 aliphatic carbocycles. The molecular weight excluding hydrogens is 374 g/mol. The number of ether oxygens (including phenoxy) is 3. The zero-order valence-corrected chi connectivity index (χ0v) is 17.4. The quantitative estimate of drug-likeness (QED) is 0.583. The fraction of sp³-hybridized carbons (Fsp3) is 0.524. The van der Waals surface area contributed by atoms with Gasteiger partial charge in [0.1, 0.15) is 5.69 Å². The molecule has 1 aliphatic heterocycles. The Morgan fingerprint density at radius 1 is 1.10 bits per heavy atom. The number of carbonyl (C=O) groups excluding carboxylic acids is 2. The van der Waals surface area contributed by atoms with Crippen molar-refractivity contribution in [1.29, 1.82) is 0 Å². The summed E-state index contributed by atoms with van der Waals surface area (Å²) in [6.45, 7) is 5.01. The van der Waals surface area contributed by atoms with Gasteiger partial charge in [0.15, 0.2) is 11.5 Å². The van der Waals surface area contributed by atoms with Crippen LogP contribution in [0.15, 0.2) is 12.1 Å². The van der Waals surface area contributed by atoms with Gasteiger partial charge in [-0.25, -0.2) is 4.79 Å². The molecule has 158 valence electrons. The standard InChI is InChI=1S/C21H29N3O5/c1-4-29-21(26)20-19(23-18(25)8-11-24-9-6-5-7-10-24)14-12-16(27-2)17(28-3)13-15(14)22-20/h12-13,22H,4-11H2,1-3H3,(H,23,25)/p+1. The molecule has 1 aliphatic rings. The number of benzene rings is 1. The highest BCUT2D eigenvalue weighted by molar-refractivity contribution is 6.11. The van der Waals surface area contributed by atoms with Crippen LogP contribution in [0.1, 0.15) is 43.1 Å². The number of piperidine rings is 1. The first-order valence-corrected chi connectivity index (χ1v) is 10.2. The third-order valence-corrected chi connectivity index (χ3v) is 5.31. The number of rotatable bonds is 8. The van der Waals surface area contributed by atoms with Gasteiger partial charge < -0.3 is 29.4 Å². The van der Waals surface area contributed by atoms with E-state index in [0.29, 0.717) is 34.5 Å². The molecule has 0 bridgehead atoms. The number of anilines is 1. The van der Waals surface area contributed by atoms with Gasteiger partial charge in [-0.2, -0.15) is 0 Å². The number of nitrogens with one attached hydrogen (secondary N) is 3. The third-order valence-electron chi connectivity index (χ3n) is 5.31. The molecule has 1 aromatic heterocycles. The lowest BCUT2D eigenvalue weighted by atomic mass is 10.1. The van der Waals surface area contributed by atoms with Crippen molar-refractivity contribution in [2.45, 2.75) is 32.6 Å². The normalized spacial score (nSPS) is 14.6. The molecule has 1 saturated heterocycles. The SMILES string of the molecule is CCOC(=O)c1[nH]c2cc(OC)c(OC)cc2c1NC(=O)CC[NH+]1CCCCC1. The van der Waals surface area contributed by atoms with Gasteiger partial charge >= 0.3 is 5.97 Å². The molecule has 1 aromatic carbocycles. The summed E-state index contributed by atoms with van der Waals surface area (Å²) in [5, 5.41) is 3.59. The van der Waals surface area contributed by atoms with Crippen molar-refractivity contribution in [2.24, 2.45) is 0 Å². The average molecular weight is 404 g/mol. The van der Waals surface area contributed by atoms with Crippen LogP contribution in [-0.2, 0) is 9.53 Å². The number of H-pyrrole nitrogens is 1. The molecule has 29 heavy (non-hydrogen) atoms. The van der Waals surface area contributed by atoms with Crippen molar-refractivity contribution >= 4 is 28.5 Å². The smallest absolute Gasteiger partial charge is 0.356 e. The summed E-state index contributed by atoms with van der Waals surface area (Å²) in [7, 11) is 3.09. The topological polar surface area (TPSA) is 94.1 Å². The van der Waals surface area contributed by atoms with Gasteiger partial charge in [-0.05, 0) is 32.3 Å². The van der Waals surface area contributed by atoms with Gasteiger partial charge in [0, 0.05) is 11.5 Å². The summed E-state index contributed by atoms with van der Waals surface area (Å²) >= 11 is 0. The number of aromatic amines is 1. The third kappa shape index (κ3) is 4.82. The van der Waals surface area contributed by atoms with Crippen molar-refractivity contribution in [1.82, 2.24) is 4.98 Å². The van der Waals surface area contributed by atoms with E-state index in [9.17, 15) is 9.59 Å². The number of quaternary nitrogens is 1. The molecule has 1 amide bonds. The number of hydrogen-bond donors (Lipinski definition) is 3. The van der Waals surface area contributed by atoms with Gasteiger partial charge in [0.2, 0.25) is 5.91 Å². The lowest BCUT2D eigenvalue weighted by Crippen LogP contribution is -3.12.